The summed E-state index contributed by atoms with van der Waals surface area (Å²) in [7, 11) is 0. The van der Waals surface area contributed by atoms with Gasteiger partial charge < -0.3 is 5.11 Å². The third kappa shape index (κ3) is 2.80. The third-order valence-electron chi connectivity index (χ3n) is 3.38. The highest BCUT2D eigenvalue weighted by Crippen LogP contribution is 2.24. The molecule has 23 heavy (non-hydrogen) atoms. The molecule has 0 atom stereocenters. The quantitative estimate of drug-likeness (QED) is 0.803. The molecule has 0 radical (unpaired) electrons. The summed E-state index contributed by atoms with van der Waals surface area (Å²) >= 11 is 0. The van der Waals surface area contributed by atoms with Crippen LogP contribution in [0.1, 0.15) is 21.6 Å². The largest absolute Gasteiger partial charge is 0.478 e. The number of nitriles is 1. The zero-order valence-electron chi connectivity index (χ0n) is 12.3. The summed E-state index contributed by atoms with van der Waals surface area (Å²) in [4.78, 5) is 15.2. The highest BCUT2D eigenvalue weighted by molar-refractivity contribution is 5.87. The molecule has 0 spiro atoms. The van der Waals surface area contributed by atoms with Crippen molar-refractivity contribution in [2.45, 2.75) is 6.92 Å². The van der Waals surface area contributed by atoms with Gasteiger partial charge in [0.15, 0.2) is 11.5 Å². The van der Waals surface area contributed by atoms with Crippen LogP contribution >= 0.6 is 0 Å². The number of benzene rings is 1. The van der Waals surface area contributed by atoms with Crippen molar-refractivity contribution in [3.05, 3.63) is 65.6 Å². The van der Waals surface area contributed by atoms with Crippen molar-refractivity contribution in [1.82, 2.24) is 14.8 Å². The van der Waals surface area contributed by atoms with Crippen molar-refractivity contribution < 1.29 is 9.90 Å². The van der Waals surface area contributed by atoms with Crippen LogP contribution in [0.25, 0.3) is 16.9 Å². The van der Waals surface area contributed by atoms with Crippen molar-refractivity contribution in [3.63, 3.8) is 0 Å². The molecule has 0 fully saturated rings. The average Bonchev–Trinajstić information content (AvgIpc) is 3.04. The summed E-state index contributed by atoms with van der Waals surface area (Å²) < 4.78 is 1.34. The van der Waals surface area contributed by atoms with E-state index >= 15 is 0 Å². The summed E-state index contributed by atoms with van der Waals surface area (Å²) in [5, 5.41) is 22.3. The molecule has 0 saturated heterocycles. The molecule has 0 aliphatic rings. The second-order valence-electron chi connectivity index (χ2n) is 5.03. The van der Waals surface area contributed by atoms with Gasteiger partial charge in [-0.05, 0) is 24.6 Å². The van der Waals surface area contributed by atoms with Gasteiger partial charge in [-0.3, -0.25) is 0 Å². The maximum atomic E-state index is 10.9. The molecule has 2 heterocycles. The molecule has 0 bridgehead atoms. The molecule has 2 aromatic heterocycles. The topological polar surface area (TPSA) is 91.8 Å². The second-order valence-corrected chi connectivity index (χ2v) is 5.03. The fraction of sp³-hybridized carbons (Fsp3) is 0.0588. The van der Waals surface area contributed by atoms with Crippen LogP contribution in [0.15, 0.2) is 48.8 Å². The van der Waals surface area contributed by atoms with E-state index in [9.17, 15) is 10.1 Å². The van der Waals surface area contributed by atoms with E-state index in [4.69, 9.17) is 5.11 Å². The average molecular weight is 304 g/mol. The van der Waals surface area contributed by atoms with Crippen LogP contribution in [0.5, 0.6) is 0 Å². The number of pyridine rings is 1. The molecule has 3 rings (SSSR count). The van der Waals surface area contributed by atoms with E-state index in [1.54, 1.807) is 12.1 Å². The first-order chi connectivity index (χ1) is 11.1. The predicted molar refractivity (Wildman–Crippen MR) is 83.2 cm³/mol. The van der Waals surface area contributed by atoms with Crippen molar-refractivity contribution in [2.24, 2.45) is 0 Å². The summed E-state index contributed by atoms with van der Waals surface area (Å²) in [6.45, 7) is 1.98. The minimum atomic E-state index is -1.06. The Morgan fingerprint density at radius 1 is 1.30 bits per heavy atom. The Balaban J connectivity index is 2.06. The minimum Gasteiger partial charge on any atom is -0.478 e. The van der Waals surface area contributed by atoms with Gasteiger partial charge in [0.05, 0.1) is 11.8 Å². The Bertz CT molecular complexity index is 938. The molecular weight excluding hydrogens is 292 g/mol. The molecule has 6 nitrogen and oxygen atoms in total. The number of nitrogens with zero attached hydrogens (tertiary/aromatic N) is 4. The zero-order valence-corrected chi connectivity index (χ0v) is 12.3. The lowest BCUT2D eigenvalue weighted by Gasteiger charge is -2.07. The Hall–Kier alpha value is -3.46. The van der Waals surface area contributed by atoms with Gasteiger partial charge in [0, 0.05) is 11.8 Å². The van der Waals surface area contributed by atoms with Gasteiger partial charge in [0.1, 0.15) is 6.07 Å². The number of hydrogen-bond acceptors (Lipinski definition) is 4. The molecule has 6 heteroatoms. The molecule has 3 aromatic rings. The van der Waals surface area contributed by atoms with Crippen molar-refractivity contribution >= 4 is 5.97 Å². The highest BCUT2D eigenvalue weighted by Gasteiger charge is 2.11. The Morgan fingerprint density at radius 2 is 2.13 bits per heavy atom. The number of carboxylic acid groups (broad SMARTS) is 1. The van der Waals surface area contributed by atoms with Crippen molar-refractivity contribution in [1.29, 1.82) is 5.26 Å². The van der Waals surface area contributed by atoms with E-state index < -0.39 is 5.97 Å². The standard InChI is InChI=1S/C17H12N4O2/c1-11-3-2-4-12(7-11)14-5-6-16(20-15(14)8-18)21-10-13(9-19-21)17(22)23/h2-7,9-10H,1H3,(H,22,23). The van der Waals surface area contributed by atoms with Gasteiger partial charge in [0.2, 0.25) is 0 Å². The number of aromatic nitrogens is 3. The monoisotopic (exact) mass is 304 g/mol. The molecule has 1 aromatic carbocycles. The molecule has 0 aliphatic heterocycles. The van der Waals surface area contributed by atoms with Crippen LogP contribution in [0, 0.1) is 18.3 Å². The normalized spacial score (nSPS) is 10.3. The van der Waals surface area contributed by atoms with Crippen LogP contribution in [0.2, 0.25) is 0 Å². The van der Waals surface area contributed by atoms with Gasteiger partial charge in [-0.2, -0.15) is 10.4 Å². The minimum absolute atomic E-state index is 0.0630. The van der Waals surface area contributed by atoms with Gasteiger partial charge in [-0.1, -0.05) is 29.8 Å². The lowest BCUT2D eigenvalue weighted by Crippen LogP contribution is -2.01. The third-order valence-corrected chi connectivity index (χ3v) is 3.38. The number of aryl methyl sites for hydroxylation is 1. The maximum Gasteiger partial charge on any atom is 0.338 e. The zero-order chi connectivity index (χ0) is 16.4. The van der Waals surface area contributed by atoms with Crippen molar-refractivity contribution in [2.75, 3.05) is 0 Å². The summed E-state index contributed by atoms with van der Waals surface area (Å²) in [6.07, 6.45) is 2.60. The van der Waals surface area contributed by atoms with Crippen molar-refractivity contribution in [3.8, 4) is 23.0 Å². The maximum absolute atomic E-state index is 10.9. The number of aromatic carboxylic acids is 1. The van der Waals surface area contributed by atoms with Crippen LogP contribution in [-0.4, -0.2) is 25.8 Å². The summed E-state index contributed by atoms with van der Waals surface area (Å²) in [5.74, 6) is -0.668. The van der Waals surface area contributed by atoms with Gasteiger partial charge in [-0.15, -0.1) is 0 Å². The molecule has 112 valence electrons. The summed E-state index contributed by atoms with van der Waals surface area (Å²) in [5.41, 5.74) is 3.06. The van der Waals surface area contributed by atoms with E-state index in [2.05, 4.69) is 16.2 Å². The van der Waals surface area contributed by atoms with Crippen LogP contribution in [-0.2, 0) is 0 Å². The Morgan fingerprint density at radius 3 is 2.78 bits per heavy atom. The van der Waals surface area contributed by atoms with Gasteiger partial charge in [0.25, 0.3) is 0 Å². The first kappa shape index (κ1) is 14.5. The molecule has 1 N–H and O–H groups in total. The first-order valence-corrected chi connectivity index (χ1v) is 6.85. The molecule has 0 aliphatic carbocycles. The van der Waals surface area contributed by atoms with Gasteiger partial charge in [-0.25, -0.2) is 14.5 Å². The molecule has 0 saturated carbocycles. The van der Waals surface area contributed by atoms with E-state index in [0.717, 1.165) is 16.7 Å². The lowest BCUT2D eigenvalue weighted by atomic mass is 10.0. The number of rotatable bonds is 3. The molecule has 0 amide bonds. The first-order valence-electron chi connectivity index (χ1n) is 6.85. The fourth-order valence-electron chi connectivity index (χ4n) is 2.27. The summed E-state index contributed by atoms with van der Waals surface area (Å²) in [6, 6.07) is 13.4. The fourth-order valence-corrected chi connectivity index (χ4v) is 2.27. The highest BCUT2D eigenvalue weighted by atomic mass is 16.4. The SMILES string of the molecule is Cc1cccc(-c2ccc(-n3cc(C(=O)O)cn3)nc2C#N)c1. The molecular formula is C17H12N4O2. The van der Waals surface area contributed by atoms with E-state index in [1.807, 2.05) is 31.2 Å². The van der Waals surface area contributed by atoms with Crippen LogP contribution < -0.4 is 0 Å². The molecule has 0 unspecified atom stereocenters. The number of carboxylic acids is 1. The number of carbonyl (C=O) groups is 1. The van der Waals surface area contributed by atoms with Crippen LogP contribution in [0.3, 0.4) is 0 Å². The van der Waals surface area contributed by atoms with Gasteiger partial charge >= 0.3 is 5.97 Å². The Labute approximate surface area is 132 Å². The Kier molecular flexibility index (Phi) is 3.61. The van der Waals surface area contributed by atoms with E-state index in [0.29, 0.717) is 5.82 Å². The lowest BCUT2D eigenvalue weighted by molar-refractivity contribution is 0.0697. The second kappa shape index (κ2) is 5.73. The van der Waals surface area contributed by atoms with Crippen LogP contribution in [0.4, 0.5) is 0 Å². The van der Waals surface area contributed by atoms with E-state index in [-0.39, 0.29) is 11.3 Å². The van der Waals surface area contributed by atoms with E-state index in [1.165, 1.54) is 17.1 Å². The smallest absolute Gasteiger partial charge is 0.338 e. The predicted octanol–water partition coefficient (Wildman–Crippen LogP) is 2.81. The number of hydrogen-bond donors (Lipinski definition) is 1.